The molecule has 73 heavy (non-hydrogen) atoms. The zero-order chi connectivity index (χ0) is 49.4. The van der Waals surface area contributed by atoms with Gasteiger partial charge in [0.25, 0.3) is 11.8 Å². The standard InChI is InChI=1S/C57H33N7O9/c1-27-7-5-8-30(15-27)50-59-40-23-48-42(25-46(40)69-50)62-53(72-48)33-18-34(20-35(19-33)64-55(65)36-12-11-29(13-14-57(3,4)67)16-37(36)56(64)66)54-63-43-26-47-41(24-49(43)73-54)61-52(71-47)32-10-6-9-31(17-32)51-60-39-22-44-38(21-45(39)70-51)58-28(2)68-44/h5-12,15-26,67H,1-4H3. The maximum atomic E-state index is 14.3. The van der Waals surface area contributed by atoms with Crippen LogP contribution in [0.25, 0.3) is 124 Å². The van der Waals surface area contributed by atoms with E-state index >= 15 is 0 Å². The maximum absolute atomic E-state index is 14.3. The normalized spacial score (nSPS) is 12.9. The van der Waals surface area contributed by atoms with Crippen LogP contribution in [0.3, 0.4) is 0 Å². The van der Waals surface area contributed by atoms with Gasteiger partial charge >= 0.3 is 0 Å². The third-order valence-corrected chi connectivity index (χ3v) is 12.5. The molecule has 0 unspecified atom stereocenters. The first-order valence-electron chi connectivity index (χ1n) is 23.0. The van der Waals surface area contributed by atoms with Crippen molar-refractivity contribution in [3.63, 3.8) is 0 Å². The number of fused-ring (bicyclic) bond motifs is 7. The molecule has 0 spiro atoms. The molecule has 0 saturated heterocycles. The fourth-order valence-corrected chi connectivity index (χ4v) is 9.11. The Labute approximate surface area is 410 Å². The van der Waals surface area contributed by atoms with Gasteiger partial charge in [0.05, 0.1) is 16.8 Å². The zero-order valence-corrected chi connectivity index (χ0v) is 38.9. The number of aryl methyl sites for hydroxylation is 2. The van der Waals surface area contributed by atoms with Gasteiger partial charge < -0.3 is 31.6 Å². The SMILES string of the molecule is Cc1cccc(-c2nc3cc4oc(-c5cc(-c6nc7cc8oc(-c9cccc(-c%10nc%11cc%12oc(C)nc%12cc%11o%10)c9)nc8cc7o6)cc(N6C(=O)c7ccc(C#CC(C)(C)O)cc7C6=O)c5)nc4cc3o2)c1. The van der Waals surface area contributed by atoms with Crippen LogP contribution in [-0.4, -0.2) is 52.4 Å². The van der Waals surface area contributed by atoms with Crippen LogP contribution >= 0.6 is 0 Å². The van der Waals surface area contributed by atoms with Gasteiger partial charge in [-0.2, -0.15) is 0 Å². The molecule has 13 aromatic rings. The molecule has 2 amide bonds. The summed E-state index contributed by atoms with van der Waals surface area (Å²) in [6, 6.07) is 35.9. The lowest BCUT2D eigenvalue weighted by atomic mass is 10.0. The first-order valence-corrected chi connectivity index (χ1v) is 23.0. The Bertz CT molecular complexity index is 4450. The van der Waals surface area contributed by atoms with E-state index in [9.17, 15) is 14.7 Å². The number of amides is 2. The fourth-order valence-electron chi connectivity index (χ4n) is 9.11. The lowest BCUT2D eigenvalue weighted by Crippen LogP contribution is -2.29. The number of rotatable bonds is 6. The summed E-state index contributed by atoms with van der Waals surface area (Å²) in [5, 5.41) is 10.2. The van der Waals surface area contributed by atoms with Gasteiger partial charge in [0.15, 0.2) is 39.4 Å². The van der Waals surface area contributed by atoms with Crippen molar-refractivity contribution in [3.8, 4) is 69.1 Å². The van der Waals surface area contributed by atoms with Crippen LogP contribution in [0.15, 0.2) is 148 Å². The van der Waals surface area contributed by atoms with E-state index in [1.807, 2.05) is 67.6 Å². The van der Waals surface area contributed by atoms with Crippen molar-refractivity contribution in [2.45, 2.75) is 33.3 Å². The quantitative estimate of drug-likeness (QED) is 0.121. The van der Waals surface area contributed by atoms with Crippen LogP contribution in [0.1, 0.15) is 51.6 Å². The van der Waals surface area contributed by atoms with E-state index in [4.69, 9.17) is 51.4 Å². The molecular formula is C57H33N7O9. The smallest absolute Gasteiger partial charge is 0.266 e. The maximum Gasteiger partial charge on any atom is 0.266 e. The Hall–Kier alpha value is -9.98. The van der Waals surface area contributed by atoms with Crippen molar-refractivity contribution < 1.29 is 41.2 Å². The molecule has 14 rings (SSSR count). The van der Waals surface area contributed by atoms with E-state index < -0.39 is 17.4 Å². The summed E-state index contributed by atoms with van der Waals surface area (Å²) in [6.45, 7) is 6.92. The minimum Gasteiger partial charge on any atom is -0.441 e. The topological polar surface area (TPSA) is 214 Å². The molecule has 350 valence electrons. The van der Waals surface area contributed by atoms with Crippen molar-refractivity contribution in [3.05, 3.63) is 149 Å². The summed E-state index contributed by atoms with van der Waals surface area (Å²) in [5.74, 6) is 6.74. The number of benzene rings is 7. The number of nitrogens with zero attached hydrogens (tertiary/aromatic N) is 7. The van der Waals surface area contributed by atoms with Crippen molar-refractivity contribution in [1.82, 2.24) is 29.9 Å². The Morgan fingerprint density at radius 2 is 0.863 bits per heavy atom. The number of imide groups is 1. The van der Waals surface area contributed by atoms with Gasteiger partial charge in [0.1, 0.15) is 38.7 Å². The number of hydrogen-bond acceptors (Lipinski definition) is 15. The largest absolute Gasteiger partial charge is 0.441 e. The number of oxazole rings is 6. The lowest BCUT2D eigenvalue weighted by molar-refractivity contribution is 0.0926. The van der Waals surface area contributed by atoms with Crippen molar-refractivity contribution in [2.24, 2.45) is 0 Å². The number of aliphatic hydroxyl groups is 1. The average Bonchev–Trinajstić information content (AvgIpc) is 4.26. The van der Waals surface area contributed by atoms with E-state index in [-0.39, 0.29) is 28.6 Å². The predicted octanol–water partition coefficient (Wildman–Crippen LogP) is 12.4. The van der Waals surface area contributed by atoms with Gasteiger partial charge in [-0.05, 0) is 87.5 Å². The molecule has 0 saturated carbocycles. The third kappa shape index (κ3) is 7.13. The van der Waals surface area contributed by atoms with Crippen LogP contribution in [0, 0.1) is 25.7 Å². The van der Waals surface area contributed by atoms with Gasteiger partial charge in [-0.25, -0.2) is 34.8 Å². The van der Waals surface area contributed by atoms with Gasteiger partial charge in [-0.3, -0.25) is 9.59 Å². The highest BCUT2D eigenvalue weighted by atomic mass is 16.4. The summed E-state index contributed by atoms with van der Waals surface area (Å²) in [5.41, 5.74) is 10.4. The molecular weight excluding hydrogens is 927 g/mol. The fraction of sp³-hybridized carbons (Fsp3) is 0.0877. The second-order valence-corrected chi connectivity index (χ2v) is 18.4. The molecule has 0 bridgehead atoms. The van der Waals surface area contributed by atoms with Gasteiger partial charge in [0, 0.05) is 76.7 Å². The molecule has 0 fully saturated rings. The Morgan fingerprint density at radius 3 is 1.34 bits per heavy atom. The molecule has 1 N–H and O–H groups in total. The van der Waals surface area contributed by atoms with Gasteiger partial charge in [-0.1, -0.05) is 35.6 Å². The number of carbonyl (C=O) groups excluding carboxylic acids is 2. The van der Waals surface area contributed by atoms with Crippen LogP contribution in [0.4, 0.5) is 5.69 Å². The predicted molar refractivity (Wildman–Crippen MR) is 269 cm³/mol. The molecule has 1 aliphatic heterocycles. The van der Waals surface area contributed by atoms with E-state index in [1.165, 1.54) is 0 Å². The molecule has 16 nitrogen and oxygen atoms in total. The van der Waals surface area contributed by atoms with Crippen molar-refractivity contribution in [2.75, 3.05) is 4.90 Å². The molecule has 16 heteroatoms. The van der Waals surface area contributed by atoms with E-state index in [0.717, 1.165) is 21.6 Å². The summed E-state index contributed by atoms with van der Waals surface area (Å²) >= 11 is 0. The molecule has 0 aliphatic carbocycles. The monoisotopic (exact) mass is 959 g/mol. The van der Waals surface area contributed by atoms with Crippen LogP contribution in [0.5, 0.6) is 0 Å². The molecule has 6 aromatic heterocycles. The minimum atomic E-state index is -1.26. The van der Waals surface area contributed by atoms with Crippen LogP contribution in [-0.2, 0) is 0 Å². The summed E-state index contributed by atoms with van der Waals surface area (Å²) in [4.78, 5) is 57.9. The second kappa shape index (κ2) is 15.3. The highest BCUT2D eigenvalue weighted by molar-refractivity contribution is 6.34. The highest BCUT2D eigenvalue weighted by Crippen LogP contribution is 2.40. The zero-order valence-electron chi connectivity index (χ0n) is 38.9. The van der Waals surface area contributed by atoms with Gasteiger partial charge in [0.2, 0.25) is 29.5 Å². The van der Waals surface area contributed by atoms with E-state index in [0.29, 0.717) is 112 Å². The summed E-state index contributed by atoms with van der Waals surface area (Å²) < 4.78 is 37.2. The van der Waals surface area contributed by atoms with E-state index in [2.05, 4.69) is 16.8 Å². The Morgan fingerprint density at radius 1 is 0.452 bits per heavy atom. The minimum absolute atomic E-state index is 0.166. The lowest BCUT2D eigenvalue weighted by Gasteiger charge is -2.16. The highest BCUT2D eigenvalue weighted by Gasteiger charge is 2.38. The van der Waals surface area contributed by atoms with Gasteiger partial charge in [-0.15, -0.1) is 0 Å². The first-order chi connectivity index (χ1) is 35.3. The number of anilines is 1. The molecule has 0 radical (unpaired) electrons. The van der Waals surface area contributed by atoms with E-state index in [1.54, 1.807) is 81.4 Å². The number of aromatic nitrogens is 6. The van der Waals surface area contributed by atoms with Crippen LogP contribution < -0.4 is 4.90 Å². The third-order valence-electron chi connectivity index (χ3n) is 12.5. The summed E-state index contributed by atoms with van der Waals surface area (Å²) in [7, 11) is 0. The van der Waals surface area contributed by atoms with Crippen LogP contribution in [0.2, 0.25) is 0 Å². The second-order valence-electron chi connectivity index (χ2n) is 18.4. The molecule has 0 atom stereocenters. The average molecular weight is 960 g/mol. The van der Waals surface area contributed by atoms with Crippen molar-refractivity contribution >= 4 is 84.1 Å². The first kappa shape index (κ1) is 41.9. The number of hydrogen-bond donors (Lipinski definition) is 1. The molecule has 7 aromatic carbocycles. The molecule has 1 aliphatic rings. The Balaban J connectivity index is 0.832. The van der Waals surface area contributed by atoms with Crippen molar-refractivity contribution in [1.29, 1.82) is 0 Å². The molecule has 7 heterocycles. The summed E-state index contributed by atoms with van der Waals surface area (Å²) in [6.07, 6.45) is 0. The number of carbonyl (C=O) groups is 2. The Kier molecular flexibility index (Phi) is 8.77.